The highest BCUT2D eigenvalue weighted by molar-refractivity contribution is 5.74. The fourth-order valence-electron chi connectivity index (χ4n) is 5.17. The third-order valence-corrected chi connectivity index (χ3v) is 8.07. The molecule has 0 N–H and O–H groups in total. The average Bonchev–Trinajstić information content (AvgIpc) is 4.25. The van der Waals surface area contributed by atoms with Gasteiger partial charge >= 0.3 is 17.7 Å². The minimum atomic E-state index is 0.327. The summed E-state index contributed by atoms with van der Waals surface area (Å²) in [6.07, 6.45) is 30.7. The summed E-state index contributed by atoms with van der Waals surface area (Å²) in [5, 5.41) is 0. The summed E-state index contributed by atoms with van der Waals surface area (Å²) in [6.45, 7) is 40.1. The van der Waals surface area contributed by atoms with E-state index in [0.717, 1.165) is 34.8 Å². The topological polar surface area (TPSA) is 146 Å². The molecular weight excluding hydrogens is 849 g/mol. The van der Waals surface area contributed by atoms with Crippen LogP contribution in [0.3, 0.4) is 0 Å². The van der Waals surface area contributed by atoms with E-state index < -0.39 is 0 Å². The van der Waals surface area contributed by atoms with Crippen molar-refractivity contribution >= 4 is 6.21 Å². The number of allylic oxidation sites excluding steroid dienone is 1. The molecule has 1 aliphatic rings. The van der Waals surface area contributed by atoms with Crippen LogP contribution in [0.4, 0.5) is 0 Å². The van der Waals surface area contributed by atoms with Crippen LogP contribution in [0, 0.1) is 20.8 Å². The largest absolute Gasteiger partial charge is 0.404 e. The summed E-state index contributed by atoms with van der Waals surface area (Å²) in [7, 11) is 7.84. The summed E-state index contributed by atoms with van der Waals surface area (Å²) in [5.74, 6) is 3.02. The van der Waals surface area contributed by atoms with Crippen molar-refractivity contribution in [3.63, 3.8) is 0 Å². The maximum Gasteiger partial charge on any atom is 0.404 e. The Kier molecular flexibility index (Phi) is 44.1. The van der Waals surface area contributed by atoms with Gasteiger partial charge in [0.05, 0.1) is 70.8 Å². The Morgan fingerprint density at radius 2 is 0.941 bits per heavy atom. The third-order valence-electron chi connectivity index (χ3n) is 8.07. The van der Waals surface area contributed by atoms with Gasteiger partial charge in [-0.1, -0.05) is 126 Å². The van der Waals surface area contributed by atoms with Crippen LogP contribution in [0.1, 0.15) is 146 Å². The first-order valence-corrected chi connectivity index (χ1v) is 24.4. The molecule has 0 aliphatic carbocycles. The van der Waals surface area contributed by atoms with Crippen LogP contribution in [0.25, 0.3) is 17.7 Å². The van der Waals surface area contributed by atoms with E-state index in [2.05, 4.69) is 51.8 Å². The van der Waals surface area contributed by atoms with Gasteiger partial charge in [0.25, 0.3) is 6.33 Å². The summed E-state index contributed by atoms with van der Waals surface area (Å²) in [4.78, 5) is 36.7. The molecule has 376 valence electrons. The fourth-order valence-corrected chi connectivity index (χ4v) is 5.17. The molecule has 0 bridgehead atoms. The van der Waals surface area contributed by atoms with E-state index in [-0.39, 0.29) is 0 Å². The van der Waals surface area contributed by atoms with Gasteiger partial charge in [-0.05, 0) is 33.3 Å². The lowest BCUT2D eigenvalue weighted by molar-refractivity contribution is -0.682. The monoisotopic (exact) mass is 941 g/mol. The van der Waals surface area contributed by atoms with Crippen LogP contribution in [0.2, 0.25) is 0 Å². The predicted molar refractivity (Wildman–Crippen MR) is 281 cm³/mol. The molecule has 0 spiro atoms. The van der Waals surface area contributed by atoms with Crippen LogP contribution in [0.15, 0.2) is 123 Å². The van der Waals surface area contributed by atoms with Gasteiger partial charge in [-0.15, -0.1) is 4.98 Å². The maximum atomic E-state index is 4.27. The predicted octanol–water partition coefficient (Wildman–Crippen LogP) is 9.78. The van der Waals surface area contributed by atoms with Crippen molar-refractivity contribution in [2.45, 2.75) is 144 Å². The third kappa shape index (κ3) is 23.1. The number of aromatic nitrogens is 15. The first-order chi connectivity index (χ1) is 33.2. The minimum Gasteiger partial charge on any atom is -0.268 e. The molecule has 7 aromatic heterocycles. The molecule has 8 rings (SSSR count). The highest BCUT2D eigenvalue weighted by Crippen LogP contribution is 2.22. The Bertz CT molecular complexity index is 2090. The molecule has 7 aromatic rings. The highest BCUT2D eigenvalue weighted by atomic mass is 15.3. The van der Waals surface area contributed by atoms with E-state index in [0.29, 0.717) is 5.92 Å². The normalized spacial score (nSPS) is 10.5. The zero-order valence-electron chi connectivity index (χ0n) is 46.7. The lowest BCUT2D eigenvalue weighted by Gasteiger charge is -2.07. The lowest BCUT2D eigenvalue weighted by atomic mass is 10.0. The molecule has 8 heterocycles. The molecule has 0 amide bonds. The number of hydrogen-bond donors (Lipinski definition) is 0. The van der Waals surface area contributed by atoms with Crippen molar-refractivity contribution < 1.29 is 18.3 Å². The molecule has 0 saturated heterocycles. The molecule has 0 aromatic carbocycles. The fraction of sp³-hybridized carbons (Fsp3) is 0.481. The van der Waals surface area contributed by atoms with Crippen molar-refractivity contribution in [1.29, 1.82) is 0 Å². The van der Waals surface area contributed by atoms with Crippen molar-refractivity contribution in [3.8, 4) is 17.7 Å². The summed E-state index contributed by atoms with van der Waals surface area (Å²) < 4.78 is 13.7. The van der Waals surface area contributed by atoms with Crippen LogP contribution >= 0.6 is 0 Å². The zero-order valence-corrected chi connectivity index (χ0v) is 46.7. The molecule has 1 aliphatic heterocycles. The van der Waals surface area contributed by atoms with E-state index in [1.54, 1.807) is 43.9 Å². The van der Waals surface area contributed by atoms with E-state index >= 15 is 0 Å². The van der Waals surface area contributed by atoms with Crippen molar-refractivity contribution in [3.05, 3.63) is 140 Å². The molecule has 1 unspecified atom stereocenters. The Labute approximate surface area is 412 Å². The van der Waals surface area contributed by atoms with Crippen molar-refractivity contribution in [2.24, 2.45) is 33.2 Å². The quantitative estimate of drug-likeness (QED) is 0.159. The van der Waals surface area contributed by atoms with Crippen LogP contribution in [-0.2, 0) is 28.2 Å². The first kappa shape index (κ1) is 67.9. The summed E-state index contributed by atoms with van der Waals surface area (Å²) in [5.41, 5.74) is 5.74. The Hall–Kier alpha value is -6.71. The Balaban J connectivity index is -0.000000365. The zero-order chi connectivity index (χ0) is 53.0. The van der Waals surface area contributed by atoms with Gasteiger partial charge in [-0.2, -0.15) is 9.13 Å². The molecule has 16 heteroatoms. The molecule has 0 radical (unpaired) electrons. The number of nitrogens with zero attached hydrogens (tertiary/aromatic N) is 16. The van der Waals surface area contributed by atoms with Crippen molar-refractivity contribution in [2.75, 3.05) is 0 Å². The van der Waals surface area contributed by atoms with E-state index in [4.69, 9.17) is 0 Å². The van der Waals surface area contributed by atoms with Gasteiger partial charge < -0.3 is 0 Å². The van der Waals surface area contributed by atoms with Crippen LogP contribution < -0.4 is 18.3 Å². The van der Waals surface area contributed by atoms with Gasteiger partial charge in [-0.25, -0.2) is 37.8 Å². The standard InChI is InChI=1S/C10H12N3.2C9H11N4.C8H10N5.8C2H6/c1-8-5-12-6-9(8)10-3-4-11-7-13(10)2;1-8-5-11-7-13(8)9-6-10-3-4-12(9)2;1-8-6-10-7-13(8)9-11-4-3-5-12(9)2;1-7-3-9-6-13(7)8-11-4-10-5-12(8)2;8*1-2/h3-7,9H,1-2H3;2*3-7H,1-2H3;3-6H,1-2H3;8*1-2H3/q4*+1;;;;;;;;. The van der Waals surface area contributed by atoms with Crippen LogP contribution in [-0.4, -0.2) is 59.8 Å². The maximum absolute atomic E-state index is 4.27. The number of imidazole rings is 3. The number of hydrogen-bond acceptors (Lipinski definition) is 9. The Morgan fingerprint density at radius 1 is 0.456 bits per heavy atom. The molecule has 0 saturated carbocycles. The Morgan fingerprint density at radius 3 is 1.35 bits per heavy atom. The molecule has 16 nitrogen and oxygen atoms in total. The second-order valence-electron chi connectivity index (χ2n) is 12.0. The molecule has 0 fully saturated rings. The van der Waals surface area contributed by atoms with E-state index in [1.807, 2.05) is 260 Å². The van der Waals surface area contributed by atoms with Gasteiger partial charge in [-0.3, -0.25) is 9.98 Å². The van der Waals surface area contributed by atoms with Gasteiger partial charge in [0.1, 0.15) is 48.2 Å². The number of aryl methyl sites for hydroxylation is 7. The van der Waals surface area contributed by atoms with Gasteiger partial charge in [0.15, 0.2) is 19.0 Å². The highest BCUT2D eigenvalue weighted by Gasteiger charge is 2.20. The smallest absolute Gasteiger partial charge is 0.268 e. The lowest BCUT2D eigenvalue weighted by Crippen LogP contribution is -2.35. The first-order valence-electron chi connectivity index (χ1n) is 24.4. The number of rotatable bonds is 4. The van der Waals surface area contributed by atoms with E-state index in [1.165, 1.54) is 17.6 Å². The summed E-state index contributed by atoms with van der Waals surface area (Å²) >= 11 is 0. The molecular formula is C52H92N16+4. The summed E-state index contributed by atoms with van der Waals surface area (Å²) in [6, 6.07) is 3.93. The molecule has 1 atom stereocenters. The van der Waals surface area contributed by atoms with E-state index in [9.17, 15) is 0 Å². The minimum absolute atomic E-state index is 0.327. The van der Waals surface area contributed by atoms with Crippen LogP contribution in [0.5, 0.6) is 0 Å². The van der Waals surface area contributed by atoms with Gasteiger partial charge in [0.2, 0.25) is 6.33 Å². The average molecular weight is 941 g/mol. The SMILES string of the molecule is CC.CC.CC.CC.CC.CC.CC.CC.CC1=CN=CC1c1ccnc[n+]1C.Cc1cncn1-c1cncc[n+]1C.Cc1cncn1-c1nccc[n+]1C.Cc1cncn1-c1ncnc[n+]1C. The van der Waals surface area contributed by atoms with Gasteiger partial charge in [0, 0.05) is 24.5 Å². The second-order valence-corrected chi connectivity index (χ2v) is 12.0. The second kappa shape index (κ2) is 44.1. The number of aliphatic imine (C=N–C) groups is 1. The van der Waals surface area contributed by atoms with Crippen molar-refractivity contribution in [1.82, 2.24) is 53.6 Å². The molecule has 68 heavy (non-hydrogen) atoms.